The molecule has 0 aliphatic heterocycles. The predicted molar refractivity (Wildman–Crippen MR) is 84.3 cm³/mol. The maximum Gasteiger partial charge on any atom is 0.224 e. The van der Waals surface area contributed by atoms with E-state index in [1.54, 1.807) is 7.11 Å². The zero-order valence-corrected chi connectivity index (χ0v) is 13.6. The van der Waals surface area contributed by atoms with Gasteiger partial charge in [-0.2, -0.15) is 0 Å². The largest absolute Gasteiger partial charge is 0.497 e. The lowest BCUT2D eigenvalue weighted by Crippen LogP contribution is -2.43. The highest BCUT2D eigenvalue weighted by Gasteiger charge is 2.30. The van der Waals surface area contributed by atoms with Crippen LogP contribution in [-0.2, 0) is 11.2 Å². The minimum atomic E-state index is -0.446. The fourth-order valence-electron chi connectivity index (χ4n) is 2.32. The molecule has 0 saturated heterocycles. The van der Waals surface area contributed by atoms with Crippen molar-refractivity contribution in [3.8, 4) is 5.75 Å². The Morgan fingerprint density at radius 3 is 2.33 bits per heavy atom. The third kappa shape index (κ3) is 5.38. The van der Waals surface area contributed by atoms with Gasteiger partial charge >= 0.3 is 0 Å². The SMILES string of the molecule is COc1ccc(CC(=O)NCC(C)(C)C(O)C(C)C)cc1. The van der Waals surface area contributed by atoms with Crippen molar-refractivity contribution in [3.63, 3.8) is 0 Å². The molecule has 1 aromatic carbocycles. The molecule has 1 aromatic rings. The average molecular weight is 293 g/mol. The molecule has 0 aromatic heterocycles. The summed E-state index contributed by atoms with van der Waals surface area (Å²) in [5.74, 6) is 0.906. The van der Waals surface area contributed by atoms with Gasteiger partial charge in [-0.25, -0.2) is 0 Å². The van der Waals surface area contributed by atoms with Crippen LogP contribution < -0.4 is 10.1 Å². The monoisotopic (exact) mass is 293 g/mol. The van der Waals surface area contributed by atoms with Crippen LogP contribution in [-0.4, -0.2) is 30.8 Å². The first-order chi connectivity index (χ1) is 9.76. The number of ether oxygens (including phenoxy) is 1. The number of hydrogen-bond acceptors (Lipinski definition) is 3. The van der Waals surface area contributed by atoms with Crippen molar-refractivity contribution in [1.29, 1.82) is 0 Å². The first kappa shape index (κ1) is 17.5. The van der Waals surface area contributed by atoms with Gasteiger partial charge in [0.1, 0.15) is 5.75 Å². The normalized spacial score (nSPS) is 13.1. The van der Waals surface area contributed by atoms with Gasteiger partial charge in [-0.1, -0.05) is 39.8 Å². The summed E-state index contributed by atoms with van der Waals surface area (Å²) >= 11 is 0. The highest BCUT2D eigenvalue weighted by molar-refractivity contribution is 5.78. The van der Waals surface area contributed by atoms with Crippen molar-refractivity contribution in [2.75, 3.05) is 13.7 Å². The van der Waals surface area contributed by atoms with Crippen LogP contribution in [0.2, 0.25) is 0 Å². The molecule has 0 aliphatic rings. The third-order valence-corrected chi connectivity index (χ3v) is 3.70. The molecule has 4 heteroatoms. The summed E-state index contributed by atoms with van der Waals surface area (Å²) in [6.45, 7) is 8.34. The maximum absolute atomic E-state index is 12.0. The zero-order chi connectivity index (χ0) is 16.0. The third-order valence-electron chi connectivity index (χ3n) is 3.70. The van der Waals surface area contributed by atoms with Crippen LogP contribution in [0.4, 0.5) is 0 Å². The predicted octanol–water partition coefficient (Wildman–Crippen LogP) is 2.40. The fraction of sp³-hybridized carbons (Fsp3) is 0.588. The highest BCUT2D eigenvalue weighted by atomic mass is 16.5. The van der Waals surface area contributed by atoms with E-state index in [2.05, 4.69) is 5.32 Å². The lowest BCUT2D eigenvalue weighted by molar-refractivity contribution is -0.121. The Balaban J connectivity index is 2.50. The van der Waals surface area contributed by atoms with Gasteiger partial charge in [0, 0.05) is 12.0 Å². The van der Waals surface area contributed by atoms with E-state index >= 15 is 0 Å². The van der Waals surface area contributed by atoms with Crippen LogP contribution in [0.5, 0.6) is 5.75 Å². The van der Waals surface area contributed by atoms with E-state index in [-0.39, 0.29) is 17.2 Å². The molecule has 0 fully saturated rings. The Kier molecular flexibility index (Phi) is 6.21. The van der Waals surface area contributed by atoms with E-state index in [1.165, 1.54) is 0 Å². The van der Waals surface area contributed by atoms with Crippen LogP contribution in [0, 0.1) is 11.3 Å². The molecule has 1 unspecified atom stereocenters. The molecule has 21 heavy (non-hydrogen) atoms. The zero-order valence-electron chi connectivity index (χ0n) is 13.6. The number of aliphatic hydroxyl groups is 1. The smallest absolute Gasteiger partial charge is 0.224 e. The molecule has 4 nitrogen and oxygen atoms in total. The number of amides is 1. The highest BCUT2D eigenvalue weighted by Crippen LogP contribution is 2.25. The molecule has 118 valence electrons. The number of aliphatic hydroxyl groups excluding tert-OH is 1. The molecule has 1 atom stereocenters. The summed E-state index contributed by atoms with van der Waals surface area (Å²) < 4.78 is 5.09. The summed E-state index contributed by atoms with van der Waals surface area (Å²) in [7, 11) is 1.61. The summed E-state index contributed by atoms with van der Waals surface area (Å²) in [6, 6.07) is 7.45. The molecule has 1 rings (SSSR count). The minimum absolute atomic E-state index is 0.0378. The van der Waals surface area contributed by atoms with Gasteiger partial charge in [0.25, 0.3) is 0 Å². The number of benzene rings is 1. The number of carbonyl (C=O) groups is 1. The fourth-order valence-corrected chi connectivity index (χ4v) is 2.32. The second kappa shape index (κ2) is 7.46. The Labute approximate surface area is 127 Å². The number of nitrogens with one attached hydrogen (secondary N) is 1. The Bertz CT molecular complexity index is 452. The standard InChI is InChI=1S/C17H27NO3/c1-12(2)16(20)17(3,4)11-18-15(19)10-13-6-8-14(21-5)9-7-13/h6-9,12,16,20H,10-11H2,1-5H3,(H,18,19). The summed E-state index contributed by atoms with van der Waals surface area (Å²) in [5, 5.41) is 13.1. The number of carbonyl (C=O) groups excluding carboxylic acids is 1. The van der Waals surface area contributed by atoms with Crippen LogP contribution in [0.3, 0.4) is 0 Å². The molecule has 0 spiro atoms. The van der Waals surface area contributed by atoms with Gasteiger partial charge in [-0.15, -0.1) is 0 Å². The molecule has 0 saturated carbocycles. The summed E-state index contributed by atoms with van der Waals surface area (Å²) in [5.41, 5.74) is 0.597. The summed E-state index contributed by atoms with van der Waals surface area (Å²) in [6.07, 6.45) is -0.114. The number of rotatable bonds is 7. The lowest BCUT2D eigenvalue weighted by atomic mass is 9.80. The van der Waals surface area contributed by atoms with Gasteiger partial charge in [-0.05, 0) is 23.6 Å². The van der Waals surface area contributed by atoms with Crippen molar-refractivity contribution in [2.45, 2.75) is 40.2 Å². The van der Waals surface area contributed by atoms with Crippen molar-refractivity contribution in [1.82, 2.24) is 5.32 Å². The maximum atomic E-state index is 12.0. The van der Waals surface area contributed by atoms with E-state index in [0.717, 1.165) is 11.3 Å². The lowest BCUT2D eigenvalue weighted by Gasteiger charge is -2.33. The number of methoxy groups -OCH3 is 1. The first-order valence-corrected chi connectivity index (χ1v) is 7.34. The average Bonchev–Trinajstić information content (AvgIpc) is 2.45. The first-order valence-electron chi connectivity index (χ1n) is 7.34. The second-order valence-electron chi connectivity index (χ2n) is 6.48. The molecule has 1 amide bonds. The quantitative estimate of drug-likeness (QED) is 0.811. The molecular formula is C17H27NO3. The Morgan fingerprint density at radius 1 is 1.29 bits per heavy atom. The van der Waals surface area contributed by atoms with Crippen LogP contribution in [0.1, 0.15) is 33.3 Å². The van der Waals surface area contributed by atoms with Gasteiger partial charge in [0.05, 0.1) is 19.6 Å². The van der Waals surface area contributed by atoms with Crippen LogP contribution in [0.15, 0.2) is 24.3 Å². The van der Waals surface area contributed by atoms with Crippen molar-refractivity contribution < 1.29 is 14.6 Å². The molecule has 0 bridgehead atoms. The number of hydrogen-bond donors (Lipinski definition) is 2. The van der Waals surface area contributed by atoms with Crippen LogP contribution >= 0.6 is 0 Å². The van der Waals surface area contributed by atoms with Crippen molar-refractivity contribution >= 4 is 5.91 Å². The van der Waals surface area contributed by atoms with E-state index in [1.807, 2.05) is 52.0 Å². The van der Waals surface area contributed by atoms with Crippen molar-refractivity contribution in [3.05, 3.63) is 29.8 Å². The van der Waals surface area contributed by atoms with E-state index < -0.39 is 6.10 Å². The second-order valence-corrected chi connectivity index (χ2v) is 6.48. The molecule has 0 aliphatic carbocycles. The molecule has 0 radical (unpaired) electrons. The summed E-state index contributed by atoms with van der Waals surface area (Å²) in [4.78, 5) is 12.0. The van der Waals surface area contributed by atoms with Gasteiger partial charge in [0.2, 0.25) is 5.91 Å². The van der Waals surface area contributed by atoms with Crippen LogP contribution in [0.25, 0.3) is 0 Å². The molecular weight excluding hydrogens is 266 g/mol. The van der Waals surface area contributed by atoms with Gasteiger partial charge in [-0.3, -0.25) is 4.79 Å². The van der Waals surface area contributed by atoms with E-state index in [0.29, 0.717) is 13.0 Å². The topological polar surface area (TPSA) is 58.6 Å². The minimum Gasteiger partial charge on any atom is -0.497 e. The Hall–Kier alpha value is -1.55. The Morgan fingerprint density at radius 2 is 1.86 bits per heavy atom. The van der Waals surface area contributed by atoms with Gasteiger partial charge < -0.3 is 15.2 Å². The molecule has 2 N–H and O–H groups in total. The van der Waals surface area contributed by atoms with E-state index in [9.17, 15) is 9.90 Å². The van der Waals surface area contributed by atoms with Crippen molar-refractivity contribution in [2.24, 2.45) is 11.3 Å². The molecule has 0 heterocycles. The van der Waals surface area contributed by atoms with Gasteiger partial charge in [0.15, 0.2) is 0 Å². The van der Waals surface area contributed by atoms with E-state index in [4.69, 9.17) is 4.74 Å².